The number of anilines is 4. The second-order valence-electron chi connectivity index (χ2n) is 8.30. The fraction of sp³-hybridized carbons (Fsp3) is 0.240. The van der Waals surface area contributed by atoms with Gasteiger partial charge in [-0.2, -0.15) is 0 Å². The van der Waals surface area contributed by atoms with Crippen LogP contribution in [0.15, 0.2) is 61.1 Å². The summed E-state index contributed by atoms with van der Waals surface area (Å²) >= 11 is 0. The van der Waals surface area contributed by atoms with Crippen LogP contribution in [0.3, 0.4) is 0 Å². The summed E-state index contributed by atoms with van der Waals surface area (Å²) in [5.74, 6) is 0.626. The van der Waals surface area contributed by atoms with Crippen LogP contribution in [0.4, 0.5) is 22.9 Å². The first-order chi connectivity index (χ1) is 16.5. The van der Waals surface area contributed by atoms with Crippen LogP contribution in [0, 0.1) is 5.41 Å². The summed E-state index contributed by atoms with van der Waals surface area (Å²) in [6.07, 6.45) is 4.60. The predicted octanol–water partition coefficient (Wildman–Crippen LogP) is 3.31. The third-order valence-electron chi connectivity index (χ3n) is 5.94. The van der Waals surface area contributed by atoms with Gasteiger partial charge < -0.3 is 35.6 Å². The lowest BCUT2D eigenvalue weighted by atomic mass is 10.0. The van der Waals surface area contributed by atoms with E-state index < -0.39 is 6.10 Å². The Morgan fingerprint density at radius 2 is 1.94 bits per heavy atom. The summed E-state index contributed by atoms with van der Waals surface area (Å²) in [4.78, 5) is 11.6. The maximum absolute atomic E-state index is 9.73. The van der Waals surface area contributed by atoms with E-state index >= 15 is 0 Å². The quantitative estimate of drug-likeness (QED) is 0.259. The summed E-state index contributed by atoms with van der Waals surface area (Å²) < 4.78 is 7.35. The van der Waals surface area contributed by atoms with Gasteiger partial charge in [0.1, 0.15) is 0 Å². The van der Waals surface area contributed by atoms with Gasteiger partial charge in [0.25, 0.3) is 0 Å². The van der Waals surface area contributed by atoms with E-state index in [0.717, 1.165) is 37.6 Å². The molecule has 174 valence electrons. The summed E-state index contributed by atoms with van der Waals surface area (Å²) in [6, 6.07) is 13.6. The molecule has 1 atom stereocenters. The summed E-state index contributed by atoms with van der Waals surface area (Å²) in [5, 5.41) is 21.2. The van der Waals surface area contributed by atoms with E-state index in [2.05, 4.69) is 27.3 Å². The summed E-state index contributed by atoms with van der Waals surface area (Å²) in [7, 11) is 0. The highest BCUT2D eigenvalue weighted by Crippen LogP contribution is 2.28. The zero-order valence-electron chi connectivity index (χ0n) is 18.9. The normalized spacial score (nSPS) is 14.8. The van der Waals surface area contributed by atoms with Crippen molar-refractivity contribution in [1.82, 2.24) is 14.4 Å². The van der Waals surface area contributed by atoms with Gasteiger partial charge in [0.05, 0.1) is 30.7 Å². The van der Waals surface area contributed by atoms with Crippen molar-refractivity contribution in [2.45, 2.75) is 13.0 Å². The summed E-state index contributed by atoms with van der Waals surface area (Å²) in [6.45, 7) is 4.84. The Bertz CT molecular complexity index is 1330. The maximum atomic E-state index is 9.73. The number of fused-ring (bicyclic) bond motifs is 1. The van der Waals surface area contributed by atoms with Crippen molar-refractivity contribution in [3.05, 3.63) is 66.6 Å². The molecule has 5 N–H and O–H groups in total. The van der Waals surface area contributed by atoms with Crippen LogP contribution in [-0.4, -0.2) is 57.6 Å². The third kappa shape index (κ3) is 4.30. The molecule has 1 fully saturated rings. The molecule has 0 spiro atoms. The molecule has 3 heterocycles. The number of aromatic nitrogens is 3. The van der Waals surface area contributed by atoms with Gasteiger partial charge in [-0.1, -0.05) is 12.1 Å². The Morgan fingerprint density at radius 3 is 2.65 bits per heavy atom. The average molecular weight is 458 g/mol. The third-order valence-corrected chi connectivity index (χ3v) is 5.94. The van der Waals surface area contributed by atoms with Crippen molar-refractivity contribution >= 4 is 34.2 Å². The smallest absolute Gasteiger partial charge is 0.180 e. The van der Waals surface area contributed by atoms with Crippen LogP contribution in [-0.2, 0) is 4.74 Å². The first kappa shape index (κ1) is 21.9. The van der Waals surface area contributed by atoms with E-state index in [4.69, 9.17) is 20.9 Å². The SMILES string of the molecule is CC(O)C(=N)c1ccc(-c2cn3ccnc3c(Nc3ccc(N4CCOCC4)cc3)n2)cc1N. The zero-order chi connectivity index (χ0) is 23.7. The average Bonchev–Trinajstić information content (AvgIpc) is 3.34. The molecule has 34 heavy (non-hydrogen) atoms. The number of aliphatic hydroxyl groups excluding tert-OH is 1. The molecule has 2 aromatic heterocycles. The highest BCUT2D eigenvalue weighted by Gasteiger charge is 2.15. The van der Waals surface area contributed by atoms with Crippen molar-refractivity contribution in [1.29, 1.82) is 5.41 Å². The minimum absolute atomic E-state index is 0.0879. The first-order valence-corrected chi connectivity index (χ1v) is 11.2. The van der Waals surface area contributed by atoms with Crippen molar-refractivity contribution < 1.29 is 9.84 Å². The van der Waals surface area contributed by atoms with E-state index in [0.29, 0.717) is 28.4 Å². The van der Waals surface area contributed by atoms with Gasteiger partial charge in [-0.25, -0.2) is 9.97 Å². The minimum Gasteiger partial charge on any atom is -0.398 e. The van der Waals surface area contributed by atoms with Crippen LogP contribution >= 0.6 is 0 Å². The van der Waals surface area contributed by atoms with E-state index in [1.165, 1.54) is 5.69 Å². The van der Waals surface area contributed by atoms with Crippen LogP contribution in [0.25, 0.3) is 16.9 Å². The standard InChI is InChI=1S/C25H27N7O2/c1-16(33)23(27)20-7-2-17(14-21(20)26)22-15-32-9-8-28-25(32)24(30-22)29-18-3-5-19(6-4-18)31-10-12-34-13-11-31/h2-9,14-16,27,33H,10-13,26H2,1H3,(H,29,30). The maximum Gasteiger partial charge on any atom is 0.180 e. The molecule has 0 amide bonds. The number of nitrogens with zero attached hydrogens (tertiary/aromatic N) is 4. The minimum atomic E-state index is -0.890. The van der Waals surface area contributed by atoms with Gasteiger partial charge in [-0.15, -0.1) is 0 Å². The molecular weight excluding hydrogens is 430 g/mol. The number of aliphatic hydroxyl groups is 1. The Morgan fingerprint density at radius 1 is 1.18 bits per heavy atom. The number of benzene rings is 2. The number of nitrogen functional groups attached to an aromatic ring is 1. The number of imidazole rings is 1. The molecule has 0 radical (unpaired) electrons. The molecule has 0 bridgehead atoms. The van der Waals surface area contributed by atoms with Gasteiger partial charge in [0, 0.05) is 59.9 Å². The van der Waals surface area contributed by atoms with Crippen molar-refractivity contribution in [2.75, 3.05) is 42.3 Å². The Kier molecular flexibility index (Phi) is 5.87. The Balaban J connectivity index is 1.44. The fourth-order valence-electron chi connectivity index (χ4n) is 4.06. The number of morpholine rings is 1. The number of hydrogen-bond donors (Lipinski definition) is 4. The van der Waals surface area contributed by atoms with Crippen LogP contribution < -0.4 is 16.0 Å². The van der Waals surface area contributed by atoms with Crippen LogP contribution in [0.1, 0.15) is 12.5 Å². The fourth-order valence-corrected chi connectivity index (χ4v) is 4.06. The molecule has 5 rings (SSSR count). The molecule has 4 aromatic rings. The molecule has 2 aromatic carbocycles. The molecule has 0 saturated carbocycles. The second kappa shape index (κ2) is 9.12. The Labute approximate surface area is 197 Å². The number of nitrogens with two attached hydrogens (primary N) is 1. The molecule has 9 heteroatoms. The van der Waals surface area contributed by atoms with Gasteiger partial charge >= 0.3 is 0 Å². The predicted molar refractivity (Wildman–Crippen MR) is 134 cm³/mol. The van der Waals surface area contributed by atoms with Crippen molar-refractivity contribution in [3.63, 3.8) is 0 Å². The largest absolute Gasteiger partial charge is 0.398 e. The van der Waals surface area contributed by atoms with E-state index in [1.54, 1.807) is 25.3 Å². The lowest BCUT2D eigenvalue weighted by Crippen LogP contribution is -2.36. The zero-order valence-corrected chi connectivity index (χ0v) is 18.9. The number of ether oxygens (including phenoxy) is 1. The number of hydrogen-bond acceptors (Lipinski definition) is 8. The number of rotatable bonds is 6. The van der Waals surface area contributed by atoms with Gasteiger partial charge in [-0.05, 0) is 37.3 Å². The monoisotopic (exact) mass is 457 g/mol. The number of nitrogens with one attached hydrogen (secondary N) is 2. The molecule has 0 aliphatic carbocycles. The molecule has 9 nitrogen and oxygen atoms in total. The molecule has 1 aliphatic heterocycles. The first-order valence-electron chi connectivity index (χ1n) is 11.2. The Hall–Kier alpha value is -3.95. The lowest BCUT2D eigenvalue weighted by molar-refractivity contribution is 0.122. The molecule has 1 saturated heterocycles. The van der Waals surface area contributed by atoms with Gasteiger partial charge in [-0.3, -0.25) is 0 Å². The molecular formula is C25H27N7O2. The van der Waals surface area contributed by atoms with Crippen LogP contribution in [0.5, 0.6) is 0 Å². The highest BCUT2D eigenvalue weighted by molar-refractivity contribution is 6.05. The van der Waals surface area contributed by atoms with E-state index in [-0.39, 0.29) is 5.71 Å². The lowest BCUT2D eigenvalue weighted by Gasteiger charge is -2.28. The van der Waals surface area contributed by atoms with Gasteiger partial charge in [0.15, 0.2) is 11.5 Å². The summed E-state index contributed by atoms with van der Waals surface area (Å²) in [5.41, 5.74) is 11.5. The van der Waals surface area contributed by atoms with E-state index in [1.807, 2.05) is 35.0 Å². The molecule has 1 aliphatic rings. The van der Waals surface area contributed by atoms with Crippen molar-refractivity contribution in [3.8, 4) is 11.3 Å². The topological polar surface area (TPSA) is 125 Å². The van der Waals surface area contributed by atoms with Gasteiger partial charge in [0.2, 0.25) is 0 Å². The van der Waals surface area contributed by atoms with Crippen LogP contribution in [0.2, 0.25) is 0 Å². The van der Waals surface area contributed by atoms with E-state index in [9.17, 15) is 5.11 Å². The highest BCUT2D eigenvalue weighted by atomic mass is 16.5. The molecule has 1 unspecified atom stereocenters. The second-order valence-corrected chi connectivity index (χ2v) is 8.30. The van der Waals surface area contributed by atoms with Crippen molar-refractivity contribution in [2.24, 2.45) is 0 Å².